The van der Waals surface area contributed by atoms with E-state index in [4.69, 9.17) is 10.6 Å². The highest BCUT2D eigenvalue weighted by Gasteiger charge is 2.17. The molecule has 108 valence electrons. The predicted octanol–water partition coefficient (Wildman–Crippen LogP) is 1.43. The van der Waals surface area contributed by atoms with Crippen LogP contribution in [-0.2, 0) is 11.3 Å². The lowest BCUT2D eigenvalue weighted by molar-refractivity contribution is 0.0331. The molecule has 20 heavy (non-hydrogen) atoms. The highest BCUT2D eigenvalue weighted by atomic mass is 32.1. The van der Waals surface area contributed by atoms with Gasteiger partial charge in [0.05, 0.1) is 25.1 Å². The fourth-order valence-electron chi connectivity index (χ4n) is 2.43. The summed E-state index contributed by atoms with van der Waals surface area (Å²) in [5.41, 5.74) is 3.92. The molecule has 3 rings (SSSR count). The van der Waals surface area contributed by atoms with E-state index in [0.717, 1.165) is 54.7 Å². The summed E-state index contributed by atoms with van der Waals surface area (Å²) < 4.78 is 5.36. The van der Waals surface area contributed by atoms with Gasteiger partial charge in [0.2, 0.25) is 0 Å². The lowest BCUT2D eigenvalue weighted by Gasteiger charge is -2.25. The van der Waals surface area contributed by atoms with Gasteiger partial charge in [0.1, 0.15) is 10.7 Å². The number of anilines is 1. The van der Waals surface area contributed by atoms with Crippen molar-refractivity contribution in [1.29, 1.82) is 0 Å². The van der Waals surface area contributed by atoms with Gasteiger partial charge in [-0.05, 0) is 19.4 Å². The first kappa shape index (κ1) is 13.7. The molecular formula is C13H19N5OS. The van der Waals surface area contributed by atoms with Crippen LogP contribution in [0.1, 0.15) is 16.3 Å². The van der Waals surface area contributed by atoms with E-state index in [2.05, 4.69) is 34.1 Å². The van der Waals surface area contributed by atoms with Crippen molar-refractivity contribution in [2.75, 3.05) is 31.7 Å². The second kappa shape index (κ2) is 5.61. The second-order valence-corrected chi connectivity index (χ2v) is 6.19. The number of hydrogen-bond acceptors (Lipinski definition) is 7. The van der Waals surface area contributed by atoms with Crippen molar-refractivity contribution >= 4 is 27.4 Å². The van der Waals surface area contributed by atoms with Crippen molar-refractivity contribution in [2.24, 2.45) is 5.84 Å². The van der Waals surface area contributed by atoms with Crippen LogP contribution in [0.25, 0.3) is 10.2 Å². The third kappa shape index (κ3) is 2.49. The number of nitrogen functional groups attached to an aromatic ring is 1. The van der Waals surface area contributed by atoms with E-state index in [1.165, 1.54) is 10.4 Å². The molecule has 6 nitrogen and oxygen atoms in total. The minimum Gasteiger partial charge on any atom is -0.379 e. The number of fused-ring (bicyclic) bond motifs is 1. The molecular weight excluding hydrogens is 274 g/mol. The molecule has 2 aromatic rings. The zero-order chi connectivity index (χ0) is 14.1. The maximum Gasteiger partial charge on any atom is 0.152 e. The normalized spacial score (nSPS) is 16.8. The van der Waals surface area contributed by atoms with E-state index < -0.39 is 0 Å². The Morgan fingerprint density at radius 3 is 2.75 bits per heavy atom. The minimum atomic E-state index is 0.722. The van der Waals surface area contributed by atoms with Crippen LogP contribution in [0.2, 0.25) is 0 Å². The first-order valence-electron chi connectivity index (χ1n) is 6.72. The molecule has 0 spiro atoms. The molecule has 1 saturated heterocycles. The molecule has 0 unspecified atom stereocenters. The molecule has 0 amide bonds. The van der Waals surface area contributed by atoms with Gasteiger partial charge in [0.15, 0.2) is 5.82 Å². The second-order valence-electron chi connectivity index (χ2n) is 4.98. The lowest BCUT2D eigenvalue weighted by atomic mass is 10.2. The first-order chi connectivity index (χ1) is 9.69. The Labute approximate surface area is 121 Å². The Morgan fingerprint density at radius 1 is 1.30 bits per heavy atom. The molecule has 7 heteroatoms. The van der Waals surface area contributed by atoms with E-state index in [9.17, 15) is 0 Å². The third-order valence-electron chi connectivity index (χ3n) is 3.68. The number of aryl methyl sites for hydroxylation is 2. The Balaban J connectivity index is 1.95. The summed E-state index contributed by atoms with van der Waals surface area (Å²) in [4.78, 5) is 13.8. The number of nitrogens with two attached hydrogens (primary N) is 1. The van der Waals surface area contributed by atoms with Crippen molar-refractivity contribution in [3.63, 3.8) is 0 Å². The summed E-state index contributed by atoms with van der Waals surface area (Å²) in [6.45, 7) is 8.33. The number of ether oxygens (including phenoxy) is 1. The zero-order valence-electron chi connectivity index (χ0n) is 11.8. The van der Waals surface area contributed by atoms with Gasteiger partial charge in [-0.1, -0.05) is 0 Å². The van der Waals surface area contributed by atoms with E-state index in [-0.39, 0.29) is 0 Å². The van der Waals surface area contributed by atoms with Crippen molar-refractivity contribution in [3.8, 4) is 0 Å². The van der Waals surface area contributed by atoms with Crippen LogP contribution < -0.4 is 11.3 Å². The average molecular weight is 293 g/mol. The number of morpholine rings is 1. The SMILES string of the molecule is Cc1sc2nc(CN3CCOCC3)nc(NN)c2c1C. The number of hydrazine groups is 1. The molecule has 3 heterocycles. The largest absolute Gasteiger partial charge is 0.379 e. The van der Waals surface area contributed by atoms with Crippen LogP contribution in [0.3, 0.4) is 0 Å². The Kier molecular flexibility index (Phi) is 3.84. The molecule has 2 aromatic heterocycles. The minimum absolute atomic E-state index is 0.722. The molecule has 0 aromatic carbocycles. The van der Waals surface area contributed by atoms with Gasteiger partial charge in [-0.15, -0.1) is 11.3 Å². The maximum absolute atomic E-state index is 5.63. The monoisotopic (exact) mass is 293 g/mol. The van der Waals surface area contributed by atoms with Crippen molar-refractivity contribution < 1.29 is 4.74 Å². The topological polar surface area (TPSA) is 76.3 Å². The molecule has 3 N–H and O–H groups in total. The van der Waals surface area contributed by atoms with Crippen molar-refractivity contribution in [2.45, 2.75) is 20.4 Å². The molecule has 0 aliphatic carbocycles. The lowest BCUT2D eigenvalue weighted by Crippen LogP contribution is -2.36. The average Bonchev–Trinajstić information content (AvgIpc) is 2.74. The Hall–Kier alpha value is -1.28. The summed E-state index contributed by atoms with van der Waals surface area (Å²) in [5, 5.41) is 1.04. The highest BCUT2D eigenvalue weighted by Crippen LogP contribution is 2.32. The molecule has 0 saturated carbocycles. The number of nitrogens with one attached hydrogen (secondary N) is 1. The van der Waals surface area contributed by atoms with Gasteiger partial charge in [-0.3, -0.25) is 4.90 Å². The molecule has 0 bridgehead atoms. The van der Waals surface area contributed by atoms with Gasteiger partial charge in [-0.2, -0.15) is 0 Å². The van der Waals surface area contributed by atoms with Gasteiger partial charge in [-0.25, -0.2) is 15.8 Å². The van der Waals surface area contributed by atoms with Crippen LogP contribution in [-0.4, -0.2) is 41.2 Å². The van der Waals surface area contributed by atoms with Gasteiger partial charge >= 0.3 is 0 Å². The van der Waals surface area contributed by atoms with Crippen molar-refractivity contribution in [3.05, 3.63) is 16.3 Å². The molecule has 1 aliphatic rings. The number of aromatic nitrogens is 2. The quantitative estimate of drug-likeness (QED) is 0.658. The van der Waals surface area contributed by atoms with E-state index >= 15 is 0 Å². The Morgan fingerprint density at radius 2 is 2.05 bits per heavy atom. The van der Waals surface area contributed by atoms with E-state index in [1.54, 1.807) is 11.3 Å². The number of thiophene rings is 1. The molecule has 0 radical (unpaired) electrons. The number of hydrogen-bond donors (Lipinski definition) is 2. The van der Waals surface area contributed by atoms with Crippen molar-refractivity contribution in [1.82, 2.24) is 14.9 Å². The first-order valence-corrected chi connectivity index (χ1v) is 7.54. The fraction of sp³-hybridized carbons (Fsp3) is 0.538. The van der Waals surface area contributed by atoms with Gasteiger partial charge < -0.3 is 10.2 Å². The van der Waals surface area contributed by atoms with Crippen LogP contribution in [0.4, 0.5) is 5.82 Å². The van der Waals surface area contributed by atoms with Crippen LogP contribution in [0, 0.1) is 13.8 Å². The smallest absolute Gasteiger partial charge is 0.152 e. The summed E-state index contributed by atoms with van der Waals surface area (Å²) in [5.74, 6) is 7.16. The van der Waals surface area contributed by atoms with E-state index in [0.29, 0.717) is 0 Å². The summed E-state index contributed by atoms with van der Waals surface area (Å²) in [6.07, 6.45) is 0. The summed E-state index contributed by atoms with van der Waals surface area (Å²) >= 11 is 1.69. The summed E-state index contributed by atoms with van der Waals surface area (Å²) in [7, 11) is 0. The zero-order valence-corrected chi connectivity index (χ0v) is 12.6. The van der Waals surface area contributed by atoms with E-state index in [1.807, 2.05) is 0 Å². The number of rotatable bonds is 3. The molecule has 0 atom stereocenters. The highest BCUT2D eigenvalue weighted by molar-refractivity contribution is 7.18. The standard InChI is InChI=1S/C13H19N5OS/c1-8-9(2)20-13-11(8)12(17-14)15-10(16-13)7-18-3-5-19-6-4-18/h3-7,14H2,1-2H3,(H,15,16,17). The summed E-state index contributed by atoms with van der Waals surface area (Å²) in [6, 6.07) is 0. The van der Waals surface area contributed by atoms with Gasteiger partial charge in [0.25, 0.3) is 0 Å². The van der Waals surface area contributed by atoms with Crippen LogP contribution in [0.5, 0.6) is 0 Å². The van der Waals surface area contributed by atoms with Crippen LogP contribution in [0.15, 0.2) is 0 Å². The fourth-order valence-corrected chi connectivity index (χ4v) is 3.48. The molecule has 1 fully saturated rings. The molecule has 1 aliphatic heterocycles. The Bertz CT molecular complexity index is 621. The maximum atomic E-state index is 5.63. The third-order valence-corrected chi connectivity index (χ3v) is 4.78. The number of nitrogens with zero attached hydrogens (tertiary/aromatic N) is 3. The predicted molar refractivity (Wildman–Crippen MR) is 80.8 cm³/mol. The van der Waals surface area contributed by atoms with Crippen LogP contribution >= 0.6 is 11.3 Å². The van der Waals surface area contributed by atoms with Gasteiger partial charge in [0, 0.05) is 18.0 Å².